The highest BCUT2D eigenvalue weighted by molar-refractivity contribution is 6.43. The van der Waals surface area contributed by atoms with Crippen molar-refractivity contribution in [2.45, 2.75) is 64.7 Å². The number of allylic oxidation sites excluding steroid dienone is 2. The van der Waals surface area contributed by atoms with Gasteiger partial charge in [-0.15, -0.1) is 0 Å². The van der Waals surface area contributed by atoms with Gasteiger partial charge in [0.05, 0.1) is 22.3 Å². The van der Waals surface area contributed by atoms with E-state index in [2.05, 4.69) is 59.3 Å². The van der Waals surface area contributed by atoms with Gasteiger partial charge in [0.2, 0.25) is 5.91 Å². The molecule has 2 aromatic rings. The molecule has 0 radical (unpaired) electrons. The van der Waals surface area contributed by atoms with Gasteiger partial charge in [-0.25, -0.2) is 0 Å². The number of amides is 1. The maximum Gasteiger partial charge on any atom is 0.224 e. The van der Waals surface area contributed by atoms with Crippen LogP contribution in [0.3, 0.4) is 0 Å². The summed E-state index contributed by atoms with van der Waals surface area (Å²) in [5.41, 5.74) is 4.69. The lowest BCUT2D eigenvalue weighted by Crippen LogP contribution is -2.46. The fourth-order valence-corrected chi connectivity index (χ4v) is 6.64. The zero-order valence-electron chi connectivity index (χ0n) is 23.3. The fourth-order valence-electron chi connectivity index (χ4n) is 6.18. The zero-order chi connectivity index (χ0) is 27.4. The molecule has 2 atom stereocenters. The van der Waals surface area contributed by atoms with Crippen molar-refractivity contribution in [3.8, 4) is 5.75 Å². The lowest BCUT2D eigenvalue weighted by Gasteiger charge is -2.46. The standard InChI is InChI=1S/C32H41Cl2N3O2/c1-3-4-12-32(2)13-11-26(32)24-20-27(33)31(34)29(21-24)37-17-15-36(16-18-37)14-5-6-19-39-25-9-7-23-8-10-30(38)35-28(23)22-25/h4,7,9,12,20-22,26H,3,5-6,8,10-11,13-19H2,1-2H3,(H,35,38). The van der Waals surface area contributed by atoms with Gasteiger partial charge in [-0.3, -0.25) is 9.69 Å². The maximum atomic E-state index is 11.7. The van der Waals surface area contributed by atoms with Crippen LogP contribution in [0, 0.1) is 5.41 Å². The van der Waals surface area contributed by atoms with E-state index >= 15 is 0 Å². The van der Waals surface area contributed by atoms with Gasteiger partial charge in [0.15, 0.2) is 0 Å². The first-order chi connectivity index (χ1) is 18.9. The second-order valence-electron chi connectivity index (χ2n) is 11.5. The highest BCUT2D eigenvalue weighted by atomic mass is 35.5. The van der Waals surface area contributed by atoms with Crippen molar-refractivity contribution >= 4 is 40.5 Å². The molecule has 2 fully saturated rings. The molecule has 210 valence electrons. The maximum absolute atomic E-state index is 11.7. The van der Waals surface area contributed by atoms with Crippen LogP contribution in [0.15, 0.2) is 42.5 Å². The number of piperazine rings is 1. The number of halogens is 2. The second-order valence-corrected chi connectivity index (χ2v) is 12.3. The first-order valence-electron chi connectivity index (χ1n) is 14.6. The van der Waals surface area contributed by atoms with Crippen LogP contribution in [-0.2, 0) is 11.2 Å². The molecule has 2 aromatic carbocycles. The molecular formula is C32H41Cl2N3O2. The lowest BCUT2D eigenvalue weighted by molar-refractivity contribution is -0.116. The minimum absolute atomic E-state index is 0.0824. The summed E-state index contributed by atoms with van der Waals surface area (Å²) in [5, 5.41) is 4.29. The number of carbonyl (C=O) groups excluding carboxylic acids is 1. The molecule has 5 nitrogen and oxygen atoms in total. The fraction of sp³-hybridized carbons (Fsp3) is 0.531. The summed E-state index contributed by atoms with van der Waals surface area (Å²) in [6.07, 6.45) is 11.6. The van der Waals surface area contributed by atoms with Crippen molar-refractivity contribution in [2.75, 3.05) is 49.5 Å². The number of nitrogens with zero attached hydrogens (tertiary/aromatic N) is 2. The van der Waals surface area contributed by atoms with E-state index in [0.29, 0.717) is 29.0 Å². The Labute approximate surface area is 243 Å². The van der Waals surface area contributed by atoms with Gasteiger partial charge in [0.1, 0.15) is 5.75 Å². The van der Waals surface area contributed by atoms with E-state index in [1.807, 2.05) is 12.1 Å². The predicted octanol–water partition coefficient (Wildman–Crippen LogP) is 7.71. The molecule has 0 spiro atoms. The SMILES string of the molecule is CCC=CC1(C)CCC1c1cc(Cl)c(Cl)c(N2CCN(CCCCOc3ccc4c(c3)NC(=O)CC4)CC2)c1. The number of anilines is 2. The van der Waals surface area contributed by atoms with E-state index < -0.39 is 0 Å². The number of unbranched alkanes of at least 4 members (excludes halogenated alkanes) is 1. The Bertz CT molecular complexity index is 1210. The summed E-state index contributed by atoms with van der Waals surface area (Å²) in [5.74, 6) is 1.40. The molecule has 39 heavy (non-hydrogen) atoms. The highest BCUT2D eigenvalue weighted by Gasteiger charge is 2.41. The van der Waals surface area contributed by atoms with E-state index in [9.17, 15) is 4.79 Å². The third-order valence-electron chi connectivity index (χ3n) is 8.76. The van der Waals surface area contributed by atoms with Crippen LogP contribution in [0.4, 0.5) is 11.4 Å². The Hall–Kier alpha value is -2.21. The van der Waals surface area contributed by atoms with Crippen LogP contribution in [0.2, 0.25) is 10.0 Å². The molecule has 2 heterocycles. The molecule has 3 aliphatic rings. The molecule has 0 bridgehead atoms. The van der Waals surface area contributed by atoms with Gasteiger partial charge >= 0.3 is 0 Å². The van der Waals surface area contributed by atoms with E-state index in [1.54, 1.807) is 0 Å². The molecule has 1 amide bonds. The van der Waals surface area contributed by atoms with Crippen LogP contribution < -0.4 is 15.0 Å². The average Bonchev–Trinajstić information content (AvgIpc) is 2.93. The van der Waals surface area contributed by atoms with Crippen molar-refractivity contribution < 1.29 is 9.53 Å². The monoisotopic (exact) mass is 569 g/mol. The van der Waals surface area contributed by atoms with Crippen LogP contribution in [0.1, 0.15) is 69.4 Å². The summed E-state index contributed by atoms with van der Waals surface area (Å²) in [6.45, 7) is 10.2. The number of benzene rings is 2. The Morgan fingerprint density at radius 1 is 1.10 bits per heavy atom. The van der Waals surface area contributed by atoms with Crippen LogP contribution >= 0.6 is 23.2 Å². The molecule has 1 saturated heterocycles. The lowest BCUT2D eigenvalue weighted by atomic mass is 9.58. The van der Waals surface area contributed by atoms with Crippen molar-refractivity contribution in [1.82, 2.24) is 4.90 Å². The van der Waals surface area contributed by atoms with Crippen molar-refractivity contribution in [1.29, 1.82) is 0 Å². The summed E-state index contributed by atoms with van der Waals surface area (Å²) >= 11 is 13.4. The molecule has 1 N–H and O–H groups in total. The van der Waals surface area contributed by atoms with Gasteiger partial charge in [0, 0.05) is 44.4 Å². The van der Waals surface area contributed by atoms with Gasteiger partial charge in [0.25, 0.3) is 0 Å². The molecule has 7 heteroatoms. The van der Waals surface area contributed by atoms with Crippen molar-refractivity contribution in [3.05, 3.63) is 63.7 Å². The number of ether oxygens (including phenoxy) is 1. The summed E-state index contributed by atoms with van der Waals surface area (Å²) in [6, 6.07) is 10.4. The summed E-state index contributed by atoms with van der Waals surface area (Å²) in [7, 11) is 0. The third kappa shape index (κ3) is 6.58. The van der Waals surface area contributed by atoms with E-state index in [1.165, 1.54) is 24.0 Å². The molecule has 0 aromatic heterocycles. The van der Waals surface area contributed by atoms with Gasteiger partial charge in [-0.2, -0.15) is 0 Å². The Morgan fingerprint density at radius 3 is 2.67 bits per heavy atom. The quantitative estimate of drug-likeness (QED) is 0.235. The van der Waals surface area contributed by atoms with Crippen LogP contribution in [-0.4, -0.2) is 50.1 Å². The van der Waals surface area contributed by atoms with Gasteiger partial charge < -0.3 is 15.0 Å². The molecule has 2 aliphatic heterocycles. The molecule has 1 saturated carbocycles. The molecule has 5 rings (SSSR count). The zero-order valence-corrected chi connectivity index (χ0v) is 24.8. The summed E-state index contributed by atoms with van der Waals surface area (Å²) in [4.78, 5) is 16.6. The minimum Gasteiger partial charge on any atom is -0.494 e. The van der Waals surface area contributed by atoms with Crippen molar-refractivity contribution in [3.63, 3.8) is 0 Å². The Kier molecular flexibility index (Phi) is 9.10. The van der Waals surface area contributed by atoms with Crippen LogP contribution in [0.5, 0.6) is 5.75 Å². The number of carbonyl (C=O) groups is 1. The smallest absolute Gasteiger partial charge is 0.224 e. The summed E-state index contributed by atoms with van der Waals surface area (Å²) < 4.78 is 5.97. The number of hydrogen-bond donors (Lipinski definition) is 1. The van der Waals surface area contributed by atoms with Crippen LogP contribution in [0.25, 0.3) is 0 Å². The number of nitrogens with one attached hydrogen (secondary N) is 1. The average molecular weight is 571 g/mol. The second kappa shape index (κ2) is 12.5. The van der Waals surface area contributed by atoms with Gasteiger partial charge in [-0.05, 0) is 85.7 Å². The first kappa shape index (κ1) is 28.3. The predicted molar refractivity (Wildman–Crippen MR) is 163 cm³/mol. The normalized spacial score (nSPS) is 23.4. The number of fused-ring (bicyclic) bond motifs is 1. The topological polar surface area (TPSA) is 44.8 Å². The van der Waals surface area contributed by atoms with E-state index in [-0.39, 0.29) is 11.3 Å². The number of hydrogen-bond acceptors (Lipinski definition) is 4. The molecule has 1 aliphatic carbocycles. The number of rotatable bonds is 10. The van der Waals surface area contributed by atoms with Gasteiger partial charge in [-0.1, -0.05) is 55.3 Å². The van der Waals surface area contributed by atoms with E-state index in [0.717, 1.165) is 75.5 Å². The Morgan fingerprint density at radius 2 is 1.92 bits per heavy atom. The Balaban J connectivity index is 1.08. The largest absolute Gasteiger partial charge is 0.494 e. The highest BCUT2D eigenvalue weighted by Crippen LogP contribution is 2.55. The first-order valence-corrected chi connectivity index (χ1v) is 15.3. The third-order valence-corrected chi connectivity index (χ3v) is 9.55. The van der Waals surface area contributed by atoms with E-state index in [4.69, 9.17) is 27.9 Å². The molecule has 2 unspecified atom stereocenters. The molecular weight excluding hydrogens is 529 g/mol. The number of aryl methyl sites for hydroxylation is 1. The minimum atomic E-state index is 0.0824. The van der Waals surface area contributed by atoms with Crippen molar-refractivity contribution in [2.24, 2.45) is 5.41 Å².